The Labute approximate surface area is 121 Å². The minimum Gasteiger partial charge on any atom is -0.323 e. The zero-order valence-electron chi connectivity index (χ0n) is 12.9. The van der Waals surface area contributed by atoms with Gasteiger partial charge >= 0.3 is 0 Å². The summed E-state index contributed by atoms with van der Waals surface area (Å²) in [5, 5.41) is 10.6. The number of nitrogens with zero attached hydrogens (tertiary/aromatic N) is 2. The monoisotopic (exact) mass is 278 g/mol. The zero-order valence-corrected chi connectivity index (χ0v) is 12.9. The second-order valence-corrected chi connectivity index (χ2v) is 6.52. The molecule has 0 bridgehead atoms. The molecule has 1 saturated heterocycles. The van der Waals surface area contributed by atoms with E-state index in [1.54, 1.807) is 6.20 Å². The van der Waals surface area contributed by atoms with Crippen molar-refractivity contribution < 1.29 is 4.79 Å². The predicted octanol–water partition coefficient (Wildman–Crippen LogP) is 2.43. The summed E-state index contributed by atoms with van der Waals surface area (Å²) in [5.74, 6) is 0.464. The van der Waals surface area contributed by atoms with E-state index < -0.39 is 0 Å². The summed E-state index contributed by atoms with van der Waals surface area (Å²) in [7, 11) is 0. The summed E-state index contributed by atoms with van der Waals surface area (Å²) in [6.45, 7) is 10.2. The number of hydrogen-bond donors (Lipinski definition) is 2. The predicted molar refractivity (Wildman–Crippen MR) is 80.6 cm³/mol. The maximum atomic E-state index is 12.5. The molecule has 5 nitrogen and oxygen atoms in total. The second-order valence-electron chi connectivity index (χ2n) is 6.52. The van der Waals surface area contributed by atoms with E-state index in [4.69, 9.17) is 0 Å². The SMILES string of the molecule is CC(C)n1cc(NC(=O)C(C)(C)C2CCCNC2)cn1. The minimum absolute atomic E-state index is 0.0782. The smallest absolute Gasteiger partial charge is 0.230 e. The third-order valence-corrected chi connectivity index (χ3v) is 4.29. The molecule has 0 saturated carbocycles. The normalized spacial score (nSPS) is 20.1. The van der Waals surface area contributed by atoms with Crippen molar-refractivity contribution in [2.24, 2.45) is 11.3 Å². The molecule has 1 aromatic heterocycles. The lowest BCUT2D eigenvalue weighted by Gasteiger charge is -2.35. The Morgan fingerprint density at radius 3 is 2.85 bits per heavy atom. The van der Waals surface area contributed by atoms with Crippen molar-refractivity contribution in [3.63, 3.8) is 0 Å². The zero-order chi connectivity index (χ0) is 14.8. The maximum Gasteiger partial charge on any atom is 0.230 e. The summed E-state index contributed by atoms with van der Waals surface area (Å²) >= 11 is 0. The fourth-order valence-electron chi connectivity index (χ4n) is 2.63. The van der Waals surface area contributed by atoms with Crippen LogP contribution in [0.4, 0.5) is 5.69 Å². The fraction of sp³-hybridized carbons (Fsp3) is 0.733. The van der Waals surface area contributed by atoms with Crippen LogP contribution in [0.5, 0.6) is 0 Å². The van der Waals surface area contributed by atoms with Crippen LogP contribution >= 0.6 is 0 Å². The molecular formula is C15H26N4O. The van der Waals surface area contributed by atoms with Gasteiger partial charge in [-0.05, 0) is 45.7 Å². The highest BCUT2D eigenvalue weighted by Gasteiger charge is 2.37. The number of nitrogens with one attached hydrogen (secondary N) is 2. The molecule has 5 heteroatoms. The van der Waals surface area contributed by atoms with Gasteiger partial charge in [0.25, 0.3) is 0 Å². The summed E-state index contributed by atoms with van der Waals surface area (Å²) in [5.41, 5.74) is 0.411. The molecule has 2 N–H and O–H groups in total. The minimum atomic E-state index is -0.368. The van der Waals surface area contributed by atoms with E-state index in [0.29, 0.717) is 12.0 Å². The fourth-order valence-corrected chi connectivity index (χ4v) is 2.63. The molecule has 1 unspecified atom stereocenters. The quantitative estimate of drug-likeness (QED) is 0.889. The van der Waals surface area contributed by atoms with Gasteiger partial charge < -0.3 is 10.6 Å². The van der Waals surface area contributed by atoms with Gasteiger partial charge in [0.05, 0.1) is 11.9 Å². The molecule has 1 aliphatic rings. The summed E-state index contributed by atoms with van der Waals surface area (Å²) in [6, 6.07) is 0.302. The Bertz CT molecular complexity index is 458. The van der Waals surface area contributed by atoms with Gasteiger partial charge in [0, 0.05) is 17.7 Å². The number of anilines is 1. The molecule has 0 spiro atoms. The second kappa shape index (κ2) is 5.95. The Morgan fingerprint density at radius 1 is 1.55 bits per heavy atom. The van der Waals surface area contributed by atoms with Crippen molar-refractivity contribution in [3.05, 3.63) is 12.4 Å². The van der Waals surface area contributed by atoms with Crippen LogP contribution in [0.15, 0.2) is 12.4 Å². The van der Waals surface area contributed by atoms with Gasteiger partial charge in [-0.2, -0.15) is 5.10 Å². The maximum absolute atomic E-state index is 12.5. The topological polar surface area (TPSA) is 59.0 Å². The number of amides is 1. The van der Waals surface area contributed by atoms with Crippen molar-refractivity contribution in [2.45, 2.75) is 46.6 Å². The van der Waals surface area contributed by atoms with Gasteiger partial charge in [0.15, 0.2) is 0 Å². The highest BCUT2D eigenvalue weighted by Crippen LogP contribution is 2.33. The van der Waals surface area contributed by atoms with Crippen LogP contribution < -0.4 is 10.6 Å². The third kappa shape index (κ3) is 3.20. The standard InChI is InChI=1S/C15H26N4O/c1-11(2)19-10-13(9-17-19)18-14(20)15(3,4)12-6-5-7-16-8-12/h9-12,16H,5-8H2,1-4H3,(H,18,20). The first-order chi connectivity index (χ1) is 9.41. The average molecular weight is 278 g/mol. The molecule has 20 heavy (non-hydrogen) atoms. The van der Waals surface area contributed by atoms with E-state index in [-0.39, 0.29) is 11.3 Å². The van der Waals surface area contributed by atoms with Crippen molar-refractivity contribution in [3.8, 4) is 0 Å². The average Bonchev–Trinajstić information content (AvgIpc) is 2.88. The molecule has 1 atom stereocenters. The van der Waals surface area contributed by atoms with Crippen LogP contribution in [0, 0.1) is 11.3 Å². The highest BCUT2D eigenvalue weighted by molar-refractivity contribution is 5.94. The van der Waals surface area contributed by atoms with Crippen molar-refractivity contribution in [2.75, 3.05) is 18.4 Å². The number of carbonyl (C=O) groups excluding carboxylic acids is 1. The first-order valence-electron chi connectivity index (χ1n) is 7.47. The molecule has 2 rings (SSSR count). The van der Waals surface area contributed by atoms with Crippen LogP contribution in [0.3, 0.4) is 0 Å². The first-order valence-corrected chi connectivity index (χ1v) is 7.47. The summed E-state index contributed by atoms with van der Waals surface area (Å²) < 4.78 is 1.85. The van der Waals surface area contributed by atoms with Gasteiger partial charge in [-0.15, -0.1) is 0 Å². The molecule has 0 aliphatic carbocycles. The lowest BCUT2D eigenvalue weighted by atomic mass is 9.74. The molecule has 112 valence electrons. The van der Waals surface area contributed by atoms with Crippen molar-refractivity contribution >= 4 is 11.6 Å². The van der Waals surface area contributed by atoms with Gasteiger partial charge in [-0.1, -0.05) is 13.8 Å². The summed E-state index contributed by atoms with van der Waals surface area (Å²) in [4.78, 5) is 12.5. The van der Waals surface area contributed by atoms with Crippen LogP contribution in [0.2, 0.25) is 0 Å². The van der Waals surface area contributed by atoms with E-state index in [2.05, 4.69) is 29.6 Å². The van der Waals surface area contributed by atoms with Gasteiger partial charge in [0.2, 0.25) is 5.91 Å². The van der Waals surface area contributed by atoms with Crippen molar-refractivity contribution in [1.82, 2.24) is 15.1 Å². The number of hydrogen-bond acceptors (Lipinski definition) is 3. The number of carbonyl (C=O) groups is 1. The molecule has 1 aliphatic heterocycles. The lowest BCUT2D eigenvalue weighted by molar-refractivity contribution is -0.127. The van der Waals surface area contributed by atoms with E-state index in [1.807, 2.05) is 24.7 Å². The molecule has 1 aromatic rings. The Balaban J connectivity index is 2.01. The number of rotatable bonds is 4. The van der Waals surface area contributed by atoms with E-state index in [0.717, 1.165) is 31.6 Å². The highest BCUT2D eigenvalue weighted by atomic mass is 16.2. The van der Waals surface area contributed by atoms with Crippen molar-refractivity contribution in [1.29, 1.82) is 0 Å². The molecule has 1 amide bonds. The van der Waals surface area contributed by atoms with Gasteiger partial charge in [-0.25, -0.2) is 0 Å². The van der Waals surface area contributed by atoms with Gasteiger partial charge in [-0.3, -0.25) is 9.48 Å². The number of piperidine rings is 1. The summed E-state index contributed by atoms with van der Waals surface area (Å²) in [6.07, 6.45) is 5.86. The first kappa shape index (κ1) is 15.0. The number of aromatic nitrogens is 2. The molecule has 0 aromatic carbocycles. The van der Waals surface area contributed by atoms with E-state index >= 15 is 0 Å². The Hall–Kier alpha value is -1.36. The third-order valence-electron chi connectivity index (χ3n) is 4.29. The molecule has 2 heterocycles. The van der Waals surface area contributed by atoms with Gasteiger partial charge in [0.1, 0.15) is 0 Å². The largest absolute Gasteiger partial charge is 0.323 e. The van der Waals surface area contributed by atoms with Crippen LogP contribution in [0.1, 0.15) is 46.6 Å². The van der Waals surface area contributed by atoms with Crippen LogP contribution in [-0.4, -0.2) is 28.8 Å². The Morgan fingerprint density at radius 2 is 2.30 bits per heavy atom. The molecule has 1 fully saturated rings. The van der Waals surface area contributed by atoms with Crippen LogP contribution in [-0.2, 0) is 4.79 Å². The molecular weight excluding hydrogens is 252 g/mol. The van der Waals surface area contributed by atoms with E-state index in [9.17, 15) is 4.79 Å². The van der Waals surface area contributed by atoms with Crippen LogP contribution in [0.25, 0.3) is 0 Å². The molecule has 0 radical (unpaired) electrons. The lowest BCUT2D eigenvalue weighted by Crippen LogP contribution is -2.44. The van der Waals surface area contributed by atoms with E-state index in [1.165, 1.54) is 0 Å². The Kier molecular flexibility index (Phi) is 4.48.